The van der Waals surface area contributed by atoms with Gasteiger partial charge in [0.1, 0.15) is 6.04 Å². The third-order valence-corrected chi connectivity index (χ3v) is 11.3. The number of thioether (sulfide) groups is 1. The number of nitrogens with zero attached hydrogens (tertiary/aromatic N) is 3. The Morgan fingerprint density at radius 1 is 1.27 bits per heavy atom. The second-order valence-corrected chi connectivity index (χ2v) is 13.5. The molecule has 10 heteroatoms. The first-order chi connectivity index (χ1) is 19.2. The summed E-state index contributed by atoms with van der Waals surface area (Å²) in [6.45, 7) is 18.3. The molecule has 4 heterocycles. The first kappa shape index (κ1) is 31.1. The molecule has 224 valence electrons. The molecule has 1 N–H and O–H groups in total. The lowest BCUT2D eigenvalue weighted by atomic mass is 9.66. The molecule has 4 aliphatic heterocycles. The van der Waals surface area contributed by atoms with E-state index in [0.717, 1.165) is 25.9 Å². The molecule has 2 bridgehead atoms. The fourth-order valence-electron chi connectivity index (χ4n) is 7.19. The van der Waals surface area contributed by atoms with Crippen molar-refractivity contribution in [2.45, 2.75) is 62.1 Å². The van der Waals surface area contributed by atoms with Gasteiger partial charge < -0.3 is 24.4 Å². The summed E-state index contributed by atoms with van der Waals surface area (Å²) in [5.74, 6) is -1.92. The van der Waals surface area contributed by atoms with Gasteiger partial charge in [0.05, 0.1) is 49.1 Å². The van der Waals surface area contributed by atoms with E-state index >= 15 is 0 Å². The summed E-state index contributed by atoms with van der Waals surface area (Å²) >= 11 is 1.64. The van der Waals surface area contributed by atoms with Gasteiger partial charge in [-0.25, -0.2) is 0 Å². The molecule has 40 heavy (non-hydrogen) atoms. The number of likely N-dealkylation sites (tertiary alicyclic amines) is 1. The van der Waals surface area contributed by atoms with Crippen molar-refractivity contribution in [3.63, 3.8) is 0 Å². The molecule has 0 aromatic heterocycles. The maximum absolute atomic E-state index is 14.6. The first-order valence-corrected chi connectivity index (χ1v) is 15.7. The topological polar surface area (TPSA) is 99.6 Å². The van der Waals surface area contributed by atoms with E-state index in [4.69, 9.17) is 9.47 Å². The molecule has 0 aliphatic carbocycles. The Labute approximate surface area is 243 Å². The lowest BCUT2D eigenvalue weighted by molar-refractivity contribution is -0.155. The highest BCUT2D eigenvalue weighted by atomic mass is 32.2. The van der Waals surface area contributed by atoms with Crippen LogP contribution >= 0.6 is 11.8 Å². The van der Waals surface area contributed by atoms with Crippen LogP contribution in [-0.2, 0) is 23.9 Å². The normalized spacial score (nSPS) is 32.3. The Balaban J connectivity index is 1.67. The number of hydrogen-bond acceptors (Lipinski definition) is 8. The summed E-state index contributed by atoms with van der Waals surface area (Å²) in [6.07, 6.45) is 5.71. The molecule has 9 nitrogen and oxygen atoms in total. The highest BCUT2D eigenvalue weighted by molar-refractivity contribution is 8.02. The number of amides is 2. The Morgan fingerprint density at radius 3 is 2.62 bits per heavy atom. The second-order valence-electron chi connectivity index (χ2n) is 11.9. The summed E-state index contributed by atoms with van der Waals surface area (Å²) in [7, 11) is 0. The van der Waals surface area contributed by atoms with E-state index in [1.165, 1.54) is 0 Å². The van der Waals surface area contributed by atoms with Gasteiger partial charge in [0.25, 0.3) is 0 Å². The predicted octanol–water partition coefficient (Wildman–Crippen LogP) is 2.20. The van der Waals surface area contributed by atoms with Crippen LogP contribution in [0.15, 0.2) is 25.3 Å². The largest absolute Gasteiger partial charge is 0.465 e. The van der Waals surface area contributed by atoms with Crippen molar-refractivity contribution in [2.75, 3.05) is 59.2 Å². The fraction of sp³-hybridized carbons (Fsp3) is 0.767. The Morgan fingerprint density at radius 2 is 2.00 bits per heavy atom. The number of carbonyl (C=O) groups excluding carboxylic acids is 3. The van der Waals surface area contributed by atoms with Gasteiger partial charge in [0.15, 0.2) is 0 Å². The minimum absolute atomic E-state index is 0.0524. The Hall–Kier alpha value is -1.88. The number of unbranched alkanes of at least 4 members (excludes halogenated alkanes) is 1. The molecule has 4 fully saturated rings. The van der Waals surface area contributed by atoms with Gasteiger partial charge in [-0.05, 0) is 31.1 Å². The first-order valence-electron chi connectivity index (χ1n) is 14.8. The molecule has 4 aliphatic rings. The van der Waals surface area contributed by atoms with Crippen molar-refractivity contribution >= 4 is 29.5 Å². The molecule has 2 amide bonds. The number of hydrogen-bond donors (Lipinski definition) is 1. The number of esters is 1. The van der Waals surface area contributed by atoms with Crippen LogP contribution < -0.4 is 0 Å². The highest BCUT2D eigenvalue weighted by Gasteiger charge is 2.77. The van der Waals surface area contributed by atoms with Crippen LogP contribution in [0.5, 0.6) is 0 Å². The van der Waals surface area contributed by atoms with Crippen molar-refractivity contribution < 1.29 is 29.0 Å². The minimum Gasteiger partial charge on any atom is -0.465 e. The van der Waals surface area contributed by atoms with Crippen LogP contribution in [0.3, 0.4) is 0 Å². The number of carbonyl (C=O) groups is 3. The number of ether oxygens (including phenoxy) is 2. The van der Waals surface area contributed by atoms with Gasteiger partial charge >= 0.3 is 5.97 Å². The summed E-state index contributed by atoms with van der Waals surface area (Å²) in [4.78, 5) is 48.2. The van der Waals surface area contributed by atoms with Crippen molar-refractivity contribution in [1.29, 1.82) is 0 Å². The third-order valence-electron chi connectivity index (χ3n) is 9.25. The maximum atomic E-state index is 14.6. The SMILES string of the molecule is C=CCCCOC(=O)[C@@H]1[C@H]2C(=O)N([C@@H](CO)C(C)C)C(C(=O)N(CC=C)CCN3CCOCC3)C23S[C@@H]1CC3C. The van der Waals surface area contributed by atoms with E-state index in [2.05, 4.69) is 25.0 Å². The smallest absolute Gasteiger partial charge is 0.310 e. The maximum Gasteiger partial charge on any atom is 0.310 e. The van der Waals surface area contributed by atoms with Gasteiger partial charge in [0, 0.05) is 38.0 Å². The molecule has 0 aromatic carbocycles. The number of allylic oxidation sites excluding steroid dienone is 1. The molecule has 3 unspecified atom stereocenters. The zero-order chi connectivity index (χ0) is 29.0. The van der Waals surface area contributed by atoms with Crippen LogP contribution in [-0.4, -0.2) is 119 Å². The van der Waals surface area contributed by atoms with Crippen LogP contribution in [0.2, 0.25) is 0 Å². The summed E-state index contributed by atoms with van der Waals surface area (Å²) < 4.78 is 10.4. The van der Waals surface area contributed by atoms with Gasteiger partial charge in [-0.3, -0.25) is 19.3 Å². The molecule has 4 saturated heterocycles. The zero-order valence-corrected chi connectivity index (χ0v) is 25.2. The monoisotopic (exact) mass is 577 g/mol. The lowest BCUT2D eigenvalue weighted by Crippen LogP contribution is -2.60. The number of aliphatic hydroxyl groups is 1. The van der Waals surface area contributed by atoms with Crippen LogP contribution in [0, 0.1) is 23.7 Å². The fourth-order valence-corrected chi connectivity index (χ4v) is 9.58. The van der Waals surface area contributed by atoms with Gasteiger partial charge in [-0.15, -0.1) is 24.9 Å². The van der Waals surface area contributed by atoms with E-state index in [0.29, 0.717) is 39.3 Å². The van der Waals surface area contributed by atoms with E-state index < -0.39 is 28.7 Å². The average Bonchev–Trinajstić information content (AvgIpc) is 3.53. The number of fused-ring (bicyclic) bond motifs is 1. The summed E-state index contributed by atoms with van der Waals surface area (Å²) in [6, 6.07) is -1.29. The minimum atomic E-state index is -0.766. The van der Waals surface area contributed by atoms with Crippen LogP contribution in [0.4, 0.5) is 0 Å². The summed E-state index contributed by atoms with van der Waals surface area (Å²) in [5.41, 5.74) is 0. The van der Waals surface area contributed by atoms with Crippen molar-refractivity contribution in [2.24, 2.45) is 23.7 Å². The van der Waals surface area contributed by atoms with Crippen LogP contribution in [0.1, 0.15) is 40.0 Å². The Bertz CT molecular complexity index is 956. The van der Waals surface area contributed by atoms with E-state index in [-0.39, 0.29) is 48.1 Å². The van der Waals surface area contributed by atoms with E-state index in [1.807, 2.05) is 13.8 Å². The van der Waals surface area contributed by atoms with Crippen LogP contribution in [0.25, 0.3) is 0 Å². The van der Waals surface area contributed by atoms with Gasteiger partial charge in [0.2, 0.25) is 11.8 Å². The van der Waals surface area contributed by atoms with Crippen molar-refractivity contribution in [1.82, 2.24) is 14.7 Å². The van der Waals surface area contributed by atoms with Crippen molar-refractivity contribution in [3.8, 4) is 0 Å². The van der Waals surface area contributed by atoms with Gasteiger partial charge in [-0.2, -0.15) is 0 Å². The molecular formula is C30H47N3O6S. The molecule has 7 atom stereocenters. The van der Waals surface area contributed by atoms with Gasteiger partial charge in [-0.1, -0.05) is 32.9 Å². The summed E-state index contributed by atoms with van der Waals surface area (Å²) in [5, 5.41) is 10.4. The van der Waals surface area contributed by atoms with Crippen molar-refractivity contribution in [3.05, 3.63) is 25.3 Å². The predicted molar refractivity (Wildman–Crippen MR) is 156 cm³/mol. The molecule has 0 saturated carbocycles. The zero-order valence-electron chi connectivity index (χ0n) is 24.3. The molecule has 0 aromatic rings. The highest BCUT2D eigenvalue weighted by Crippen LogP contribution is 2.69. The number of aliphatic hydroxyl groups excluding tert-OH is 1. The Kier molecular flexibility index (Phi) is 10.4. The molecule has 0 radical (unpaired) electrons. The van der Waals surface area contributed by atoms with E-state index in [1.54, 1.807) is 33.7 Å². The standard InChI is InChI=1S/C30H47N3O6S/c1-6-8-9-15-39-29(37)24-23-18-21(5)30(40-23)25(24)27(35)33(22(19-34)20(3)4)26(30)28(36)32(10-7-2)12-11-31-13-16-38-17-14-31/h6-7,20-26,34H,1-2,8-19H2,3-5H3/t21?,22-,23+,24-,25-,26?,30?/m0/s1. The number of rotatable bonds is 14. The third kappa shape index (κ3) is 5.61. The second kappa shape index (κ2) is 13.4. The molecular weight excluding hydrogens is 530 g/mol. The number of morpholine rings is 1. The van der Waals surface area contributed by atoms with E-state index in [9.17, 15) is 19.5 Å². The molecule has 4 rings (SSSR count). The molecule has 1 spiro atoms. The quantitative estimate of drug-likeness (QED) is 0.191. The lowest BCUT2D eigenvalue weighted by Gasteiger charge is -2.43. The average molecular weight is 578 g/mol.